The Kier molecular flexibility index (Phi) is 5.41. The summed E-state index contributed by atoms with van der Waals surface area (Å²) in [4.78, 5) is 0. The summed E-state index contributed by atoms with van der Waals surface area (Å²) in [5.74, 6) is 0.485. The largest absolute Gasteiger partial charge is 0.492 e. The van der Waals surface area contributed by atoms with E-state index in [2.05, 4.69) is 0 Å². The quantitative estimate of drug-likeness (QED) is 0.590. The van der Waals surface area contributed by atoms with E-state index in [1.54, 1.807) is 6.07 Å². The third-order valence-electron chi connectivity index (χ3n) is 3.02. The normalized spacial score (nSPS) is 10.8. The molecule has 2 rings (SSSR count). The molecular weight excluding hydrogens is 255 g/mol. The van der Waals surface area contributed by atoms with Crippen molar-refractivity contribution in [1.29, 1.82) is 0 Å². The molecule has 0 amide bonds. The van der Waals surface area contributed by atoms with Crippen LogP contribution < -0.4 is 10.2 Å². The van der Waals surface area contributed by atoms with Crippen LogP contribution in [-0.4, -0.2) is 37.0 Å². The molecule has 0 atom stereocenters. The zero-order chi connectivity index (χ0) is 14.4. The highest BCUT2D eigenvalue weighted by Gasteiger charge is 2.20. The molecule has 4 nitrogen and oxygen atoms in total. The highest BCUT2D eigenvalue weighted by molar-refractivity contribution is 6.63. The van der Waals surface area contributed by atoms with Crippen molar-refractivity contribution in [2.45, 2.75) is 13.3 Å². The van der Waals surface area contributed by atoms with Crippen LogP contribution in [-0.2, 0) is 4.74 Å². The summed E-state index contributed by atoms with van der Waals surface area (Å²) in [5.41, 5.74) is 0.401. The lowest BCUT2D eigenvalue weighted by Crippen LogP contribution is -2.32. The summed E-state index contributed by atoms with van der Waals surface area (Å²) in [6, 6.07) is 11.2. The van der Waals surface area contributed by atoms with Crippen LogP contribution in [0.3, 0.4) is 0 Å². The van der Waals surface area contributed by atoms with Crippen LogP contribution in [0.4, 0.5) is 0 Å². The molecule has 20 heavy (non-hydrogen) atoms. The van der Waals surface area contributed by atoms with Gasteiger partial charge in [0.1, 0.15) is 12.4 Å². The molecule has 0 heterocycles. The van der Waals surface area contributed by atoms with Crippen molar-refractivity contribution < 1.29 is 19.5 Å². The van der Waals surface area contributed by atoms with Crippen molar-refractivity contribution in [2.24, 2.45) is 0 Å². The summed E-state index contributed by atoms with van der Waals surface area (Å²) in [5, 5.41) is 20.9. The zero-order valence-electron chi connectivity index (χ0n) is 11.6. The van der Waals surface area contributed by atoms with E-state index >= 15 is 0 Å². The molecule has 0 aliphatic heterocycles. The third-order valence-corrected chi connectivity index (χ3v) is 3.02. The van der Waals surface area contributed by atoms with Crippen molar-refractivity contribution in [3.05, 3.63) is 36.4 Å². The van der Waals surface area contributed by atoms with Crippen molar-refractivity contribution in [3.63, 3.8) is 0 Å². The second-order valence-corrected chi connectivity index (χ2v) is 4.53. The molecule has 0 saturated heterocycles. The highest BCUT2D eigenvalue weighted by atomic mass is 16.5. The summed E-state index contributed by atoms with van der Waals surface area (Å²) in [7, 11) is -1.56. The van der Waals surface area contributed by atoms with Gasteiger partial charge in [-0.1, -0.05) is 37.3 Å². The Hall–Kier alpha value is -1.56. The number of hydrogen-bond acceptors (Lipinski definition) is 4. The molecule has 0 bridgehead atoms. The standard InChI is InChI=1S/C15H19BO4/c1-2-9-19-10-11-20-14-8-7-12-5-3-4-6-13(12)15(14)16(17)18/h3-8,17-18H,2,9-11H2,1H3. The molecule has 0 unspecified atom stereocenters. The van der Waals surface area contributed by atoms with Crippen LogP contribution in [0.2, 0.25) is 0 Å². The molecule has 0 saturated carbocycles. The van der Waals surface area contributed by atoms with E-state index in [0.29, 0.717) is 31.0 Å². The Morgan fingerprint density at radius 2 is 1.80 bits per heavy atom. The van der Waals surface area contributed by atoms with Crippen LogP contribution in [0.15, 0.2) is 36.4 Å². The molecule has 2 N–H and O–H groups in total. The first-order valence-electron chi connectivity index (χ1n) is 6.82. The van der Waals surface area contributed by atoms with E-state index in [4.69, 9.17) is 9.47 Å². The first-order valence-corrected chi connectivity index (χ1v) is 6.82. The summed E-state index contributed by atoms with van der Waals surface area (Å²) < 4.78 is 11.0. The van der Waals surface area contributed by atoms with Gasteiger partial charge in [-0.15, -0.1) is 0 Å². The third kappa shape index (κ3) is 3.51. The Bertz CT molecular complexity index is 557. The fourth-order valence-corrected chi connectivity index (χ4v) is 2.12. The average Bonchev–Trinajstić information content (AvgIpc) is 2.46. The molecule has 0 aliphatic rings. The van der Waals surface area contributed by atoms with Gasteiger partial charge < -0.3 is 19.5 Å². The molecule has 5 heteroatoms. The van der Waals surface area contributed by atoms with Crippen LogP contribution in [0.5, 0.6) is 5.75 Å². The van der Waals surface area contributed by atoms with Crippen LogP contribution in [0.25, 0.3) is 10.8 Å². The monoisotopic (exact) mass is 274 g/mol. The Balaban J connectivity index is 2.17. The van der Waals surface area contributed by atoms with Crippen LogP contribution in [0.1, 0.15) is 13.3 Å². The maximum absolute atomic E-state index is 9.59. The Labute approximate surface area is 119 Å². The molecule has 106 valence electrons. The summed E-state index contributed by atoms with van der Waals surface area (Å²) in [6.07, 6.45) is 0.969. The molecular formula is C15H19BO4. The predicted molar refractivity (Wildman–Crippen MR) is 80.4 cm³/mol. The highest BCUT2D eigenvalue weighted by Crippen LogP contribution is 2.19. The van der Waals surface area contributed by atoms with E-state index in [-0.39, 0.29) is 0 Å². The van der Waals surface area contributed by atoms with Gasteiger partial charge in [-0.3, -0.25) is 0 Å². The molecule has 2 aromatic carbocycles. The van der Waals surface area contributed by atoms with E-state index in [0.717, 1.165) is 17.2 Å². The van der Waals surface area contributed by atoms with Gasteiger partial charge in [-0.2, -0.15) is 0 Å². The van der Waals surface area contributed by atoms with Crippen LogP contribution >= 0.6 is 0 Å². The first kappa shape index (κ1) is 14.8. The molecule has 0 aromatic heterocycles. The molecule has 0 fully saturated rings. The van der Waals surface area contributed by atoms with Gasteiger partial charge in [0, 0.05) is 12.1 Å². The van der Waals surface area contributed by atoms with Crippen LogP contribution in [0, 0.1) is 0 Å². The number of hydrogen-bond donors (Lipinski definition) is 2. The van der Waals surface area contributed by atoms with Crippen molar-refractivity contribution in [3.8, 4) is 5.75 Å². The van der Waals surface area contributed by atoms with E-state index in [9.17, 15) is 10.0 Å². The number of rotatable bonds is 7. The topological polar surface area (TPSA) is 58.9 Å². The predicted octanol–water partition coefficient (Wildman–Crippen LogP) is 1.32. The van der Waals surface area contributed by atoms with E-state index in [1.807, 2.05) is 37.3 Å². The van der Waals surface area contributed by atoms with Gasteiger partial charge in [0.25, 0.3) is 0 Å². The second-order valence-electron chi connectivity index (χ2n) is 4.53. The zero-order valence-corrected chi connectivity index (χ0v) is 11.6. The molecule has 0 radical (unpaired) electrons. The van der Waals surface area contributed by atoms with Gasteiger partial charge in [-0.25, -0.2) is 0 Å². The lowest BCUT2D eigenvalue weighted by atomic mass is 9.76. The molecule has 0 spiro atoms. The summed E-state index contributed by atoms with van der Waals surface area (Å²) in [6.45, 7) is 3.63. The lowest BCUT2D eigenvalue weighted by molar-refractivity contribution is 0.101. The van der Waals surface area contributed by atoms with Gasteiger partial charge >= 0.3 is 7.12 Å². The van der Waals surface area contributed by atoms with Gasteiger partial charge in [-0.05, 0) is 23.3 Å². The number of fused-ring (bicyclic) bond motifs is 1. The minimum Gasteiger partial charge on any atom is -0.492 e. The van der Waals surface area contributed by atoms with Crippen molar-refractivity contribution in [1.82, 2.24) is 0 Å². The maximum Gasteiger partial charge on any atom is 0.492 e. The minimum absolute atomic E-state index is 0.387. The Morgan fingerprint density at radius 3 is 2.55 bits per heavy atom. The fraction of sp³-hybridized carbons (Fsp3) is 0.333. The molecule has 0 aliphatic carbocycles. The number of benzene rings is 2. The van der Waals surface area contributed by atoms with Gasteiger partial charge in [0.2, 0.25) is 0 Å². The van der Waals surface area contributed by atoms with Crippen molar-refractivity contribution in [2.75, 3.05) is 19.8 Å². The minimum atomic E-state index is -1.56. The van der Waals surface area contributed by atoms with Gasteiger partial charge in [0.05, 0.1) is 6.61 Å². The summed E-state index contributed by atoms with van der Waals surface area (Å²) >= 11 is 0. The maximum atomic E-state index is 9.59. The fourth-order valence-electron chi connectivity index (χ4n) is 2.12. The SMILES string of the molecule is CCCOCCOc1ccc2ccccc2c1B(O)O. The smallest absolute Gasteiger partial charge is 0.492 e. The molecule has 2 aromatic rings. The average molecular weight is 274 g/mol. The number of ether oxygens (including phenoxy) is 2. The Morgan fingerprint density at radius 1 is 1.00 bits per heavy atom. The van der Waals surface area contributed by atoms with E-state index < -0.39 is 7.12 Å². The first-order chi connectivity index (χ1) is 9.74. The van der Waals surface area contributed by atoms with E-state index in [1.165, 1.54) is 0 Å². The van der Waals surface area contributed by atoms with Gasteiger partial charge in [0.15, 0.2) is 0 Å². The van der Waals surface area contributed by atoms with Crippen molar-refractivity contribution >= 4 is 23.4 Å². The lowest BCUT2D eigenvalue weighted by Gasteiger charge is -2.14. The second kappa shape index (κ2) is 7.29.